The number of carboxylic acids is 1. The van der Waals surface area contributed by atoms with Gasteiger partial charge in [-0.2, -0.15) is 0 Å². The van der Waals surface area contributed by atoms with Crippen LogP contribution in [0.3, 0.4) is 0 Å². The van der Waals surface area contributed by atoms with E-state index in [-0.39, 0.29) is 6.42 Å². The Bertz CT molecular complexity index is 970. The molecular weight excluding hydrogens is 368 g/mol. The minimum atomic E-state index is -0.989. The predicted octanol–water partition coefficient (Wildman–Crippen LogP) is 2.09. The van der Waals surface area contributed by atoms with E-state index < -0.39 is 24.0 Å². The number of fused-ring (bicyclic) bond motifs is 1. The second-order valence-electron chi connectivity index (χ2n) is 6.98. The van der Waals surface area contributed by atoms with Crippen molar-refractivity contribution in [1.29, 1.82) is 0 Å². The van der Waals surface area contributed by atoms with Gasteiger partial charge in [-0.1, -0.05) is 55.5 Å². The number of aromatic amines is 1. The number of rotatable bonds is 10. The van der Waals surface area contributed by atoms with Gasteiger partial charge in [0.2, 0.25) is 5.91 Å². The molecule has 5 N–H and O–H groups in total. The molecule has 0 fully saturated rings. The van der Waals surface area contributed by atoms with Gasteiger partial charge in [0.15, 0.2) is 0 Å². The van der Waals surface area contributed by atoms with Gasteiger partial charge < -0.3 is 15.8 Å². The van der Waals surface area contributed by atoms with Crippen molar-refractivity contribution in [1.82, 2.24) is 15.4 Å². The summed E-state index contributed by atoms with van der Waals surface area (Å²) in [6.45, 7) is 2.29. The standard InChI is InChI=1S/C22H26N4O3/c1-2-26(20(21(23)27)12-15-8-4-3-5-9-15)25-19(22(28)29)13-16-14-24-18-11-7-6-10-17(16)18/h3-11,14,19-20,24-25H,2,12-13H2,1H3,(H2,23,27)(H,28,29)/t19-,20?/m1/s1. The SMILES string of the molecule is CCN(N[C@H](Cc1c[nH]c2ccccc12)C(=O)O)C(Cc1ccccc1)C(N)=O. The van der Waals surface area contributed by atoms with Crippen molar-refractivity contribution >= 4 is 22.8 Å². The third-order valence-electron chi connectivity index (χ3n) is 5.04. The summed E-state index contributed by atoms with van der Waals surface area (Å²) >= 11 is 0. The maximum Gasteiger partial charge on any atom is 0.322 e. The largest absolute Gasteiger partial charge is 0.480 e. The number of hydrogen-bond acceptors (Lipinski definition) is 4. The van der Waals surface area contributed by atoms with E-state index in [2.05, 4.69) is 10.4 Å². The van der Waals surface area contributed by atoms with Gasteiger partial charge in [0, 0.05) is 30.1 Å². The highest BCUT2D eigenvalue weighted by molar-refractivity contribution is 5.84. The maximum atomic E-state index is 12.1. The average molecular weight is 394 g/mol. The first-order valence-electron chi connectivity index (χ1n) is 9.63. The summed E-state index contributed by atoms with van der Waals surface area (Å²) < 4.78 is 0. The Kier molecular flexibility index (Phi) is 6.64. The number of benzene rings is 2. The zero-order valence-electron chi connectivity index (χ0n) is 16.3. The molecule has 1 aromatic heterocycles. The number of aliphatic carboxylic acids is 1. The van der Waals surface area contributed by atoms with E-state index >= 15 is 0 Å². The second kappa shape index (κ2) is 9.36. The normalized spacial score (nSPS) is 13.4. The molecule has 3 rings (SSSR count). The Hall–Kier alpha value is -3.16. The monoisotopic (exact) mass is 394 g/mol. The number of para-hydroxylation sites is 1. The molecule has 0 aliphatic rings. The van der Waals surface area contributed by atoms with Crippen LogP contribution in [0.4, 0.5) is 0 Å². The summed E-state index contributed by atoms with van der Waals surface area (Å²) in [5.41, 5.74) is 11.5. The fourth-order valence-electron chi connectivity index (χ4n) is 3.51. The lowest BCUT2D eigenvalue weighted by Crippen LogP contribution is -2.57. The van der Waals surface area contributed by atoms with E-state index in [1.54, 1.807) is 5.01 Å². The molecule has 0 spiro atoms. The van der Waals surface area contributed by atoms with Crippen LogP contribution in [0, 0.1) is 0 Å². The van der Waals surface area contributed by atoms with Crippen molar-refractivity contribution in [3.05, 3.63) is 71.9 Å². The van der Waals surface area contributed by atoms with Crippen LogP contribution in [0.5, 0.6) is 0 Å². The first-order valence-corrected chi connectivity index (χ1v) is 9.63. The van der Waals surface area contributed by atoms with Gasteiger partial charge in [0.1, 0.15) is 12.1 Å². The van der Waals surface area contributed by atoms with Crippen LogP contribution in [0.25, 0.3) is 10.9 Å². The molecule has 7 nitrogen and oxygen atoms in total. The Morgan fingerprint density at radius 2 is 1.79 bits per heavy atom. The fourth-order valence-corrected chi connectivity index (χ4v) is 3.51. The molecule has 1 unspecified atom stereocenters. The highest BCUT2D eigenvalue weighted by Crippen LogP contribution is 2.19. The van der Waals surface area contributed by atoms with Crippen LogP contribution >= 0.6 is 0 Å². The lowest BCUT2D eigenvalue weighted by atomic mass is 10.0. The molecule has 0 saturated carbocycles. The molecule has 0 saturated heterocycles. The number of aromatic nitrogens is 1. The Morgan fingerprint density at radius 1 is 1.10 bits per heavy atom. The molecule has 1 heterocycles. The molecule has 3 aromatic rings. The lowest BCUT2D eigenvalue weighted by molar-refractivity contribution is -0.142. The maximum absolute atomic E-state index is 12.1. The number of carbonyl (C=O) groups is 2. The van der Waals surface area contributed by atoms with Gasteiger partial charge in [-0.3, -0.25) is 9.59 Å². The number of hydrogen-bond donors (Lipinski definition) is 4. The molecule has 7 heteroatoms. The number of nitrogens with zero attached hydrogens (tertiary/aromatic N) is 1. The number of hydrazine groups is 1. The van der Waals surface area contributed by atoms with Gasteiger partial charge in [-0.05, 0) is 23.6 Å². The van der Waals surface area contributed by atoms with E-state index in [0.717, 1.165) is 22.0 Å². The summed E-state index contributed by atoms with van der Waals surface area (Å²) in [7, 11) is 0. The molecule has 1 amide bonds. The topological polar surface area (TPSA) is 111 Å². The number of carboxylic acid groups (broad SMARTS) is 1. The molecule has 0 radical (unpaired) electrons. The second-order valence-corrected chi connectivity index (χ2v) is 6.98. The van der Waals surface area contributed by atoms with Gasteiger partial charge >= 0.3 is 5.97 Å². The summed E-state index contributed by atoms with van der Waals surface area (Å²) in [5.74, 6) is -1.49. The van der Waals surface area contributed by atoms with Crippen LogP contribution in [0.2, 0.25) is 0 Å². The Balaban J connectivity index is 1.79. The molecular formula is C22H26N4O3. The number of carbonyl (C=O) groups excluding carboxylic acids is 1. The summed E-state index contributed by atoms with van der Waals surface area (Å²) in [6, 6.07) is 15.7. The lowest BCUT2D eigenvalue weighted by Gasteiger charge is -2.31. The van der Waals surface area contributed by atoms with Crippen molar-refractivity contribution in [2.24, 2.45) is 5.73 Å². The highest BCUT2D eigenvalue weighted by atomic mass is 16.4. The molecule has 0 aliphatic heterocycles. The Labute approximate surface area is 169 Å². The predicted molar refractivity (Wildman–Crippen MR) is 112 cm³/mol. The van der Waals surface area contributed by atoms with Crippen molar-refractivity contribution in [2.45, 2.75) is 31.8 Å². The Morgan fingerprint density at radius 3 is 2.45 bits per heavy atom. The molecule has 2 atom stereocenters. The quantitative estimate of drug-likeness (QED) is 0.394. The summed E-state index contributed by atoms with van der Waals surface area (Å²) in [5, 5.41) is 12.4. The van der Waals surface area contributed by atoms with Gasteiger partial charge in [0.25, 0.3) is 0 Å². The third-order valence-corrected chi connectivity index (χ3v) is 5.04. The number of nitrogens with one attached hydrogen (secondary N) is 2. The van der Waals surface area contributed by atoms with E-state index in [4.69, 9.17) is 5.73 Å². The highest BCUT2D eigenvalue weighted by Gasteiger charge is 2.28. The first-order chi connectivity index (χ1) is 14.0. The van der Waals surface area contributed by atoms with E-state index in [1.807, 2.05) is 67.7 Å². The molecule has 152 valence electrons. The number of H-pyrrole nitrogens is 1. The van der Waals surface area contributed by atoms with Crippen LogP contribution in [0.1, 0.15) is 18.1 Å². The summed E-state index contributed by atoms with van der Waals surface area (Å²) in [4.78, 5) is 27.2. The average Bonchev–Trinajstić information content (AvgIpc) is 3.13. The van der Waals surface area contributed by atoms with Crippen LogP contribution in [-0.2, 0) is 22.4 Å². The van der Waals surface area contributed by atoms with Crippen LogP contribution in [0.15, 0.2) is 60.8 Å². The fraction of sp³-hybridized carbons (Fsp3) is 0.273. The minimum Gasteiger partial charge on any atom is -0.480 e. The zero-order valence-corrected chi connectivity index (χ0v) is 16.3. The van der Waals surface area contributed by atoms with Crippen molar-refractivity contribution < 1.29 is 14.7 Å². The number of likely N-dealkylation sites (N-methyl/N-ethyl adjacent to an activating group) is 1. The summed E-state index contributed by atoms with van der Waals surface area (Å²) in [6.07, 6.45) is 2.50. The number of amides is 1. The van der Waals surface area contributed by atoms with E-state index in [1.165, 1.54) is 0 Å². The number of primary amides is 1. The molecule has 2 aromatic carbocycles. The molecule has 0 bridgehead atoms. The third kappa shape index (κ3) is 5.01. The van der Waals surface area contributed by atoms with Gasteiger partial charge in [-0.15, -0.1) is 0 Å². The zero-order chi connectivity index (χ0) is 20.8. The first kappa shape index (κ1) is 20.6. The van der Waals surface area contributed by atoms with Crippen LogP contribution in [-0.4, -0.2) is 45.6 Å². The van der Waals surface area contributed by atoms with Gasteiger partial charge in [0.05, 0.1) is 0 Å². The smallest absolute Gasteiger partial charge is 0.322 e. The molecule has 29 heavy (non-hydrogen) atoms. The minimum absolute atomic E-state index is 0.271. The van der Waals surface area contributed by atoms with Crippen molar-refractivity contribution in [2.75, 3.05) is 6.54 Å². The molecule has 0 aliphatic carbocycles. The number of nitrogens with two attached hydrogens (primary N) is 1. The van der Waals surface area contributed by atoms with Crippen molar-refractivity contribution in [3.63, 3.8) is 0 Å². The van der Waals surface area contributed by atoms with Gasteiger partial charge in [-0.25, -0.2) is 10.4 Å². The van der Waals surface area contributed by atoms with E-state index in [0.29, 0.717) is 13.0 Å². The van der Waals surface area contributed by atoms with Crippen molar-refractivity contribution in [3.8, 4) is 0 Å². The van der Waals surface area contributed by atoms with E-state index in [9.17, 15) is 14.7 Å². The van der Waals surface area contributed by atoms with Crippen LogP contribution < -0.4 is 11.2 Å².